The molecule has 1 aromatic carbocycles. The minimum absolute atomic E-state index is 0.322. The number of hydrogen-bond donors (Lipinski definition) is 2. The number of hydrogen-bond acceptors (Lipinski definition) is 4. The van der Waals surface area contributed by atoms with Crippen molar-refractivity contribution < 1.29 is 19.1 Å². The second kappa shape index (κ2) is 6.01. The highest BCUT2D eigenvalue weighted by atomic mass is 32.1. The molecule has 2 aromatic rings. The number of nitrogens with zero attached hydrogens (tertiary/aromatic N) is 1. The highest BCUT2D eigenvalue weighted by Gasteiger charge is 2.20. The Labute approximate surface area is 124 Å². The predicted octanol–water partition coefficient (Wildman–Crippen LogP) is 2.46. The van der Waals surface area contributed by atoms with Crippen LogP contribution in [0.4, 0.5) is 4.39 Å². The highest BCUT2D eigenvalue weighted by Crippen LogP contribution is 2.28. The second-order valence-corrected chi connectivity index (χ2v) is 5.48. The lowest BCUT2D eigenvalue weighted by atomic mass is 10.2. The van der Waals surface area contributed by atoms with Gasteiger partial charge in [-0.3, -0.25) is 9.59 Å². The number of halogens is 1. The van der Waals surface area contributed by atoms with E-state index in [0.29, 0.717) is 21.1 Å². The molecule has 1 atom stereocenters. The third-order valence-electron chi connectivity index (χ3n) is 2.79. The quantitative estimate of drug-likeness (QED) is 0.909. The zero-order valence-electron chi connectivity index (χ0n) is 11.4. The van der Waals surface area contributed by atoms with E-state index in [9.17, 15) is 14.0 Å². The number of rotatable bonds is 4. The first-order valence-electron chi connectivity index (χ1n) is 6.15. The van der Waals surface area contributed by atoms with Gasteiger partial charge < -0.3 is 10.4 Å². The Morgan fingerprint density at radius 3 is 2.76 bits per heavy atom. The molecular weight excluding hydrogens is 295 g/mol. The first kappa shape index (κ1) is 15.1. The van der Waals surface area contributed by atoms with Crippen LogP contribution < -0.4 is 5.32 Å². The SMILES string of the molecule is Cc1nc(-c2cccc(F)c2)sc1C(=O)N[C@H](C)C(=O)O. The molecule has 5 nitrogen and oxygen atoms in total. The number of amides is 1. The number of carbonyl (C=O) groups excluding carboxylic acids is 1. The van der Waals surface area contributed by atoms with Gasteiger partial charge in [-0.15, -0.1) is 11.3 Å². The Bertz CT molecular complexity index is 699. The van der Waals surface area contributed by atoms with Gasteiger partial charge in [0.15, 0.2) is 0 Å². The average Bonchev–Trinajstić information content (AvgIpc) is 2.80. The van der Waals surface area contributed by atoms with E-state index in [1.54, 1.807) is 19.1 Å². The lowest BCUT2D eigenvalue weighted by Crippen LogP contribution is -2.38. The van der Waals surface area contributed by atoms with E-state index in [0.717, 1.165) is 11.3 Å². The Balaban J connectivity index is 2.27. The van der Waals surface area contributed by atoms with Crippen LogP contribution in [0.3, 0.4) is 0 Å². The summed E-state index contributed by atoms with van der Waals surface area (Å²) in [5.74, 6) is -2.00. The minimum Gasteiger partial charge on any atom is -0.480 e. The molecule has 0 aliphatic rings. The first-order valence-corrected chi connectivity index (χ1v) is 6.97. The zero-order chi connectivity index (χ0) is 15.6. The van der Waals surface area contributed by atoms with Crippen molar-refractivity contribution in [3.05, 3.63) is 40.7 Å². The van der Waals surface area contributed by atoms with E-state index in [4.69, 9.17) is 5.11 Å². The van der Waals surface area contributed by atoms with E-state index < -0.39 is 17.9 Å². The fraction of sp³-hybridized carbons (Fsp3) is 0.214. The highest BCUT2D eigenvalue weighted by molar-refractivity contribution is 7.17. The Kier molecular flexibility index (Phi) is 4.32. The third kappa shape index (κ3) is 3.43. The number of benzene rings is 1. The maximum atomic E-state index is 13.2. The summed E-state index contributed by atoms with van der Waals surface area (Å²) in [5, 5.41) is 11.7. The van der Waals surface area contributed by atoms with E-state index in [2.05, 4.69) is 10.3 Å². The Morgan fingerprint density at radius 1 is 1.43 bits per heavy atom. The molecule has 0 saturated carbocycles. The van der Waals surface area contributed by atoms with Gasteiger partial charge in [0.1, 0.15) is 21.7 Å². The summed E-state index contributed by atoms with van der Waals surface area (Å²) in [6.07, 6.45) is 0. The summed E-state index contributed by atoms with van der Waals surface area (Å²) in [4.78, 5) is 27.3. The Hall–Kier alpha value is -2.28. The topological polar surface area (TPSA) is 79.3 Å². The standard InChI is InChI=1S/C14H13FN2O3S/c1-7-11(12(18)16-8(2)14(19)20)21-13(17-7)9-4-3-5-10(15)6-9/h3-6,8H,1-2H3,(H,16,18)(H,19,20)/t8-/m1/s1. The molecule has 0 saturated heterocycles. The molecule has 0 unspecified atom stereocenters. The summed E-state index contributed by atoms with van der Waals surface area (Å²) in [6, 6.07) is 4.93. The average molecular weight is 308 g/mol. The lowest BCUT2D eigenvalue weighted by Gasteiger charge is -2.07. The maximum Gasteiger partial charge on any atom is 0.325 e. The predicted molar refractivity (Wildman–Crippen MR) is 76.8 cm³/mol. The Morgan fingerprint density at radius 2 is 2.14 bits per heavy atom. The van der Waals surface area contributed by atoms with Crippen LogP contribution in [-0.2, 0) is 4.79 Å². The number of aryl methyl sites for hydroxylation is 1. The fourth-order valence-corrected chi connectivity index (χ4v) is 2.64. The van der Waals surface area contributed by atoms with Gasteiger partial charge in [0.05, 0.1) is 5.69 Å². The van der Waals surface area contributed by atoms with E-state index >= 15 is 0 Å². The van der Waals surface area contributed by atoms with Gasteiger partial charge in [-0.2, -0.15) is 0 Å². The lowest BCUT2D eigenvalue weighted by molar-refractivity contribution is -0.138. The van der Waals surface area contributed by atoms with Gasteiger partial charge in [0, 0.05) is 5.56 Å². The number of thiazole rings is 1. The largest absolute Gasteiger partial charge is 0.480 e. The van der Waals surface area contributed by atoms with Crippen LogP contribution in [0.15, 0.2) is 24.3 Å². The van der Waals surface area contributed by atoms with Crippen LogP contribution in [0.5, 0.6) is 0 Å². The molecule has 1 amide bonds. The summed E-state index contributed by atoms with van der Waals surface area (Å²) < 4.78 is 13.2. The smallest absolute Gasteiger partial charge is 0.325 e. The normalized spacial score (nSPS) is 12.0. The molecule has 2 N–H and O–H groups in total. The van der Waals surface area contributed by atoms with Crippen LogP contribution in [0.25, 0.3) is 10.6 Å². The molecule has 0 bridgehead atoms. The third-order valence-corrected chi connectivity index (χ3v) is 4.00. The number of carboxylic acids is 1. The van der Waals surface area contributed by atoms with Gasteiger partial charge in [0.2, 0.25) is 0 Å². The van der Waals surface area contributed by atoms with Gasteiger partial charge in [-0.1, -0.05) is 12.1 Å². The number of carbonyl (C=O) groups is 2. The summed E-state index contributed by atoms with van der Waals surface area (Å²) >= 11 is 1.10. The summed E-state index contributed by atoms with van der Waals surface area (Å²) in [5.41, 5.74) is 1.06. The first-order chi connectivity index (χ1) is 9.88. The van der Waals surface area contributed by atoms with E-state index in [1.807, 2.05) is 0 Å². The van der Waals surface area contributed by atoms with Crippen molar-refractivity contribution in [3.8, 4) is 10.6 Å². The molecule has 0 spiro atoms. The van der Waals surface area contributed by atoms with Crippen LogP contribution in [0.2, 0.25) is 0 Å². The molecule has 1 heterocycles. The molecular formula is C14H13FN2O3S. The van der Waals surface area contributed by atoms with Crippen molar-refractivity contribution in [1.82, 2.24) is 10.3 Å². The monoisotopic (exact) mass is 308 g/mol. The van der Waals surface area contributed by atoms with E-state index in [1.165, 1.54) is 19.1 Å². The van der Waals surface area contributed by atoms with Crippen LogP contribution >= 0.6 is 11.3 Å². The van der Waals surface area contributed by atoms with Crippen LogP contribution in [0.1, 0.15) is 22.3 Å². The van der Waals surface area contributed by atoms with Gasteiger partial charge in [0.25, 0.3) is 5.91 Å². The van der Waals surface area contributed by atoms with Gasteiger partial charge >= 0.3 is 5.97 Å². The minimum atomic E-state index is -1.11. The second-order valence-electron chi connectivity index (χ2n) is 4.48. The molecule has 0 fully saturated rings. The van der Waals surface area contributed by atoms with Crippen molar-refractivity contribution in [2.75, 3.05) is 0 Å². The molecule has 1 aromatic heterocycles. The molecule has 110 valence electrons. The fourth-order valence-electron chi connectivity index (χ4n) is 1.68. The van der Waals surface area contributed by atoms with Gasteiger partial charge in [-0.25, -0.2) is 9.37 Å². The summed E-state index contributed by atoms with van der Waals surface area (Å²) in [6.45, 7) is 3.03. The van der Waals surface area contributed by atoms with Crippen molar-refractivity contribution in [1.29, 1.82) is 0 Å². The van der Waals surface area contributed by atoms with Crippen molar-refractivity contribution >= 4 is 23.2 Å². The summed E-state index contributed by atoms with van der Waals surface area (Å²) in [7, 11) is 0. The molecule has 0 aliphatic heterocycles. The van der Waals surface area contributed by atoms with Gasteiger partial charge in [-0.05, 0) is 26.0 Å². The number of nitrogens with one attached hydrogen (secondary N) is 1. The zero-order valence-corrected chi connectivity index (χ0v) is 12.2. The molecule has 0 radical (unpaired) electrons. The van der Waals surface area contributed by atoms with Crippen molar-refractivity contribution in [2.45, 2.75) is 19.9 Å². The van der Waals surface area contributed by atoms with Crippen LogP contribution in [0, 0.1) is 12.7 Å². The molecule has 7 heteroatoms. The van der Waals surface area contributed by atoms with Crippen LogP contribution in [-0.4, -0.2) is 28.0 Å². The van der Waals surface area contributed by atoms with Crippen molar-refractivity contribution in [2.24, 2.45) is 0 Å². The molecule has 21 heavy (non-hydrogen) atoms. The van der Waals surface area contributed by atoms with E-state index in [-0.39, 0.29) is 5.82 Å². The number of aromatic nitrogens is 1. The maximum absolute atomic E-state index is 13.2. The number of carboxylic acid groups (broad SMARTS) is 1. The molecule has 0 aliphatic carbocycles. The molecule has 2 rings (SSSR count). The number of aliphatic carboxylic acids is 1. The van der Waals surface area contributed by atoms with Crippen molar-refractivity contribution in [3.63, 3.8) is 0 Å².